The van der Waals surface area contributed by atoms with Crippen LogP contribution in [-0.4, -0.2) is 68.0 Å². The first kappa shape index (κ1) is 28.3. The molecule has 2 aliphatic heterocycles. The molecule has 11 heteroatoms. The van der Waals surface area contributed by atoms with Crippen molar-refractivity contribution >= 4 is 23.5 Å². The minimum absolute atomic E-state index is 0.0588. The molecule has 39 heavy (non-hydrogen) atoms. The Morgan fingerprint density at radius 3 is 2.64 bits per heavy atom. The van der Waals surface area contributed by atoms with Crippen LogP contribution >= 0.6 is 0 Å². The predicted molar refractivity (Wildman–Crippen MR) is 134 cm³/mol. The van der Waals surface area contributed by atoms with E-state index in [1.54, 1.807) is 25.3 Å². The van der Waals surface area contributed by atoms with Crippen molar-refractivity contribution in [2.45, 2.75) is 44.2 Å². The van der Waals surface area contributed by atoms with Gasteiger partial charge in [-0.1, -0.05) is 24.3 Å². The van der Waals surface area contributed by atoms with Crippen LogP contribution < -0.4 is 10.1 Å². The molecule has 3 amide bonds. The molecule has 2 aromatic rings. The molecule has 0 spiro atoms. The van der Waals surface area contributed by atoms with E-state index < -0.39 is 35.6 Å². The Bertz CT molecular complexity index is 1250. The summed E-state index contributed by atoms with van der Waals surface area (Å²) in [6.07, 6.45) is 0.0456. The van der Waals surface area contributed by atoms with Crippen LogP contribution in [0.4, 0.5) is 8.78 Å². The highest BCUT2D eigenvalue weighted by Crippen LogP contribution is 2.33. The lowest BCUT2D eigenvalue weighted by Gasteiger charge is -2.29. The Kier molecular flexibility index (Phi) is 9.03. The van der Waals surface area contributed by atoms with Gasteiger partial charge in [0.1, 0.15) is 18.4 Å². The van der Waals surface area contributed by atoms with Gasteiger partial charge in [-0.3, -0.25) is 24.5 Å². The van der Waals surface area contributed by atoms with Crippen LogP contribution in [0.2, 0.25) is 0 Å². The molecule has 1 N–H and O–H groups in total. The van der Waals surface area contributed by atoms with Gasteiger partial charge in [-0.05, 0) is 42.2 Å². The zero-order chi connectivity index (χ0) is 28.0. The van der Waals surface area contributed by atoms with Gasteiger partial charge in [0.2, 0.25) is 17.6 Å². The molecular weight excluding hydrogens is 514 g/mol. The van der Waals surface area contributed by atoms with Crippen molar-refractivity contribution in [3.05, 3.63) is 64.7 Å². The van der Waals surface area contributed by atoms with E-state index in [2.05, 4.69) is 5.32 Å². The summed E-state index contributed by atoms with van der Waals surface area (Å²) in [5.74, 6) is -5.93. The van der Waals surface area contributed by atoms with Gasteiger partial charge in [0.15, 0.2) is 0 Å². The van der Waals surface area contributed by atoms with Gasteiger partial charge in [-0.15, -0.1) is 0 Å². The number of hydrogen-bond donors (Lipinski definition) is 1. The van der Waals surface area contributed by atoms with Gasteiger partial charge < -0.3 is 19.1 Å². The van der Waals surface area contributed by atoms with Crippen molar-refractivity contribution < 1.29 is 42.2 Å². The summed E-state index contributed by atoms with van der Waals surface area (Å²) >= 11 is 0. The molecule has 0 bridgehead atoms. The van der Waals surface area contributed by atoms with E-state index in [-0.39, 0.29) is 56.6 Å². The average Bonchev–Trinajstić information content (AvgIpc) is 3.24. The zero-order valence-electron chi connectivity index (χ0n) is 21.5. The number of imide groups is 1. The van der Waals surface area contributed by atoms with E-state index in [0.29, 0.717) is 29.9 Å². The van der Waals surface area contributed by atoms with Crippen LogP contribution in [0.1, 0.15) is 46.3 Å². The highest BCUT2D eigenvalue weighted by Gasteiger charge is 2.41. The van der Waals surface area contributed by atoms with Crippen molar-refractivity contribution in [3.8, 4) is 5.75 Å². The van der Waals surface area contributed by atoms with Crippen molar-refractivity contribution in [2.75, 3.05) is 33.5 Å². The minimum Gasteiger partial charge on any atom is -0.491 e. The molecule has 0 radical (unpaired) electrons. The lowest BCUT2D eigenvalue weighted by Crippen LogP contribution is -2.52. The van der Waals surface area contributed by atoms with Crippen LogP contribution in [0.3, 0.4) is 0 Å². The number of ether oxygens (including phenoxy) is 3. The number of alkyl halides is 2. The topological polar surface area (TPSA) is 111 Å². The summed E-state index contributed by atoms with van der Waals surface area (Å²) in [5, 5.41) is 2.25. The molecular formula is C28H30F2N2O7. The Labute approximate surface area is 224 Å². The van der Waals surface area contributed by atoms with E-state index >= 15 is 0 Å². The van der Waals surface area contributed by atoms with E-state index in [0.717, 1.165) is 6.07 Å². The summed E-state index contributed by atoms with van der Waals surface area (Å²) in [6.45, 7) is 1.43. The Morgan fingerprint density at radius 1 is 1.08 bits per heavy atom. The number of nitrogens with zero attached hydrogens (tertiary/aromatic N) is 1. The number of fused-ring (bicyclic) bond motifs is 1. The molecule has 0 aliphatic carbocycles. The number of benzene rings is 2. The molecule has 4 rings (SSSR count). The summed E-state index contributed by atoms with van der Waals surface area (Å²) in [7, 11) is 1.56. The van der Waals surface area contributed by atoms with Crippen LogP contribution in [0.15, 0.2) is 42.5 Å². The number of ketones is 1. The predicted octanol–water partition coefficient (Wildman–Crippen LogP) is 2.78. The van der Waals surface area contributed by atoms with Crippen molar-refractivity contribution in [2.24, 2.45) is 0 Å². The number of carbonyl (C=O) groups is 4. The normalized spacial score (nSPS) is 17.3. The number of Topliss-reactive ketones (excluding diaryl/α,β-unsaturated/α-hetero) is 1. The molecule has 2 aromatic carbocycles. The van der Waals surface area contributed by atoms with E-state index in [1.807, 2.05) is 0 Å². The largest absolute Gasteiger partial charge is 0.491 e. The van der Waals surface area contributed by atoms with Crippen LogP contribution in [-0.2, 0) is 42.7 Å². The maximum atomic E-state index is 15.0. The molecule has 0 aromatic heterocycles. The lowest BCUT2D eigenvalue weighted by atomic mass is 9.97. The third-order valence-corrected chi connectivity index (χ3v) is 6.70. The maximum Gasteiger partial charge on any atom is 0.330 e. The molecule has 1 unspecified atom stereocenters. The number of carbonyl (C=O) groups excluding carboxylic acids is 4. The van der Waals surface area contributed by atoms with Crippen molar-refractivity contribution in [3.63, 3.8) is 0 Å². The van der Waals surface area contributed by atoms with Gasteiger partial charge >= 0.3 is 5.92 Å². The van der Waals surface area contributed by atoms with E-state index in [1.165, 1.54) is 23.1 Å². The third kappa shape index (κ3) is 6.66. The fraction of sp³-hybridized carbons (Fsp3) is 0.429. The van der Waals surface area contributed by atoms with Gasteiger partial charge in [0.05, 0.1) is 19.8 Å². The van der Waals surface area contributed by atoms with Crippen LogP contribution in [0, 0.1) is 0 Å². The Hall–Kier alpha value is -3.70. The molecule has 9 nitrogen and oxygen atoms in total. The summed E-state index contributed by atoms with van der Waals surface area (Å²) in [5.41, 5.74) is 1.24. The lowest BCUT2D eigenvalue weighted by molar-refractivity contribution is -0.144. The van der Waals surface area contributed by atoms with Crippen molar-refractivity contribution in [1.82, 2.24) is 10.2 Å². The van der Waals surface area contributed by atoms with Gasteiger partial charge in [-0.25, -0.2) is 0 Å². The second-order valence-electron chi connectivity index (χ2n) is 9.37. The summed E-state index contributed by atoms with van der Waals surface area (Å²) in [6, 6.07) is 9.44. The zero-order valence-corrected chi connectivity index (χ0v) is 21.5. The fourth-order valence-electron chi connectivity index (χ4n) is 4.60. The SMILES string of the molecule is COCCOCCOc1cccc(C(F)(F)C(=O)CCc2ccc3c(c2)CN(C2CCC(=O)NC2=O)C3=O)c1. The smallest absolute Gasteiger partial charge is 0.330 e. The first-order chi connectivity index (χ1) is 18.7. The van der Waals surface area contributed by atoms with Crippen LogP contribution in [0.25, 0.3) is 0 Å². The number of piperidine rings is 1. The first-order valence-corrected chi connectivity index (χ1v) is 12.7. The number of nitrogens with one attached hydrogen (secondary N) is 1. The maximum absolute atomic E-state index is 15.0. The molecule has 2 heterocycles. The highest BCUT2D eigenvalue weighted by atomic mass is 19.3. The van der Waals surface area contributed by atoms with E-state index in [4.69, 9.17) is 14.2 Å². The summed E-state index contributed by atoms with van der Waals surface area (Å²) < 4.78 is 45.6. The second-order valence-corrected chi connectivity index (χ2v) is 9.37. The number of aryl methyl sites for hydroxylation is 1. The molecule has 1 saturated heterocycles. The quantitative estimate of drug-likeness (QED) is 0.305. The van der Waals surface area contributed by atoms with Crippen LogP contribution in [0.5, 0.6) is 5.75 Å². The molecule has 1 fully saturated rings. The molecule has 1 atom stereocenters. The molecule has 2 aliphatic rings. The average molecular weight is 545 g/mol. The fourth-order valence-corrected chi connectivity index (χ4v) is 4.60. The Morgan fingerprint density at radius 2 is 1.87 bits per heavy atom. The second kappa shape index (κ2) is 12.4. The number of methoxy groups -OCH3 is 1. The van der Waals surface area contributed by atoms with Crippen molar-refractivity contribution in [1.29, 1.82) is 0 Å². The highest BCUT2D eigenvalue weighted by molar-refractivity contribution is 6.05. The number of halogens is 2. The number of hydrogen-bond acceptors (Lipinski definition) is 7. The standard InChI is InChI=1S/C28H30F2N2O7/c1-37-11-12-38-13-14-39-21-4-2-3-20(16-21)28(29,30)24(33)9-6-18-5-7-22-19(15-18)17-32(27(22)36)23-8-10-25(34)31-26(23)35/h2-5,7,15-16,23H,6,8-14,17H2,1H3,(H,31,34,35). The monoisotopic (exact) mass is 544 g/mol. The number of rotatable bonds is 13. The van der Waals surface area contributed by atoms with Gasteiger partial charge in [-0.2, -0.15) is 8.78 Å². The van der Waals surface area contributed by atoms with E-state index in [9.17, 15) is 28.0 Å². The van der Waals surface area contributed by atoms with Gasteiger partial charge in [0, 0.05) is 37.6 Å². The molecule has 0 saturated carbocycles. The number of amides is 3. The summed E-state index contributed by atoms with van der Waals surface area (Å²) in [4.78, 5) is 50.4. The minimum atomic E-state index is -3.70. The molecule has 208 valence electrons. The van der Waals surface area contributed by atoms with Gasteiger partial charge in [0.25, 0.3) is 5.91 Å². The Balaban J connectivity index is 1.33. The first-order valence-electron chi connectivity index (χ1n) is 12.7. The third-order valence-electron chi connectivity index (χ3n) is 6.70.